The molecule has 108 valence electrons. The fraction of sp³-hybridized carbons (Fsp3) is 0.500. The zero-order chi connectivity index (χ0) is 13.9. The van der Waals surface area contributed by atoms with Crippen molar-refractivity contribution in [3.05, 3.63) is 22.7 Å². The molecular weight excluding hydrogens is 282 g/mol. The van der Waals surface area contributed by atoms with Crippen LogP contribution >= 0.6 is 11.6 Å². The molecule has 2 aliphatic heterocycles. The van der Waals surface area contributed by atoms with Gasteiger partial charge >= 0.3 is 0 Å². The molecule has 1 amide bonds. The Kier molecular flexibility index (Phi) is 3.98. The zero-order valence-electron chi connectivity index (χ0n) is 11.1. The van der Waals surface area contributed by atoms with Gasteiger partial charge in [-0.05, 0) is 17.7 Å². The molecule has 5 nitrogen and oxygen atoms in total. The standard InChI is InChI=1S/C14H16ClNO4/c15-11-7-10(8-12-14(11)20-6-5-19-12)9-13(17)16-1-3-18-4-2-16/h7-8H,1-6,9H2. The second kappa shape index (κ2) is 5.89. The fourth-order valence-electron chi connectivity index (χ4n) is 2.37. The highest BCUT2D eigenvalue weighted by molar-refractivity contribution is 6.32. The van der Waals surface area contributed by atoms with E-state index >= 15 is 0 Å². The number of ether oxygens (including phenoxy) is 3. The smallest absolute Gasteiger partial charge is 0.227 e. The van der Waals surface area contributed by atoms with E-state index in [9.17, 15) is 4.79 Å². The predicted octanol–water partition coefficient (Wildman–Crippen LogP) is 1.51. The Labute approximate surface area is 122 Å². The molecule has 1 aromatic rings. The number of nitrogens with zero attached hydrogens (tertiary/aromatic N) is 1. The fourth-order valence-corrected chi connectivity index (χ4v) is 2.65. The largest absolute Gasteiger partial charge is 0.486 e. The molecule has 3 rings (SSSR count). The van der Waals surface area contributed by atoms with Gasteiger partial charge in [-0.1, -0.05) is 11.6 Å². The first-order chi connectivity index (χ1) is 9.74. The Balaban J connectivity index is 1.73. The number of benzene rings is 1. The van der Waals surface area contributed by atoms with Crippen molar-refractivity contribution >= 4 is 17.5 Å². The minimum atomic E-state index is 0.0843. The van der Waals surface area contributed by atoms with Crippen LogP contribution in [0.3, 0.4) is 0 Å². The lowest BCUT2D eigenvalue weighted by Crippen LogP contribution is -2.41. The SMILES string of the molecule is O=C(Cc1cc(Cl)c2c(c1)OCCO2)N1CCOCC1. The maximum absolute atomic E-state index is 12.2. The summed E-state index contributed by atoms with van der Waals surface area (Å²) < 4.78 is 16.2. The minimum absolute atomic E-state index is 0.0843. The molecule has 0 radical (unpaired) electrons. The third kappa shape index (κ3) is 2.83. The molecule has 0 N–H and O–H groups in total. The molecule has 6 heteroatoms. The number of halogens is 1. The van der Waals surface area contributed by atoms with Gasteiger partial charge in [-0.3, -0.25) is 4.79 Å². The second-order valence-corrected chi connectivity index (χ2v) is 5.18. The first kappa shape index (κ1) is 13.5. The number of hydrogen-bond donors (Lipinski definition) is 0. The normalized spacial score (nSPS) is 17.9. The molecule has 0 unspecified atom stereocenters. The van der Waals surface area contributed by atoms with E-state index in [-0.39, 0.29) is 5.91 Å². The summed E-state index contributed by atoms with van der Waals surface area (Å²) in [4.78, 5) is 14.0. The maximum atomic E-state index is 12.2. The molecule has 2 heterocycles. The lowest BCUT2D eigenvalue weighted by molar-refractivity contribution is -0.134. The highest BCUT2D eigenvalue weighted by Gasteiger charge is 2.20. The van der Waals surface area contributed by atoms with Crippen molar-refractivity contribution in [2.45, 2.75) is 6.42 Å². The Morgan fingerprint density at radius 1 is 1.15 bits per heavy atom. The second-order valence-electron chi connectivity index (χ2n) is 4.77. The van der Waals surface area contributed by atoms with Crippen LogP contribution in [-0.4, -0.2) is 50.3 Å². The van der Waals surface area contributed by atoms with Crippen molar-refractivity contribution in [3.8, 4) is 11.5 Å². The molecule has 0 atom stereocenters. The van der Waals surface area contributed by atoms with Gasteiger partial charge in [0.1, 0.15) is 13.2 Å². The van der Waals surface area contributed by atoms with Crippen LogP contribution in [0.2, 0.25) is 5.02 Å². The molecule has 20 heavy (non-hydrogen) atoms. The van der Waals surface area contributed by atoms with Crippen LogP contribution in [0.25, 0.3) is 0 Å². The summed E-state index contributed by atoms with van der Waals surface area (Å²) in [6.07, 6.45) is 0.316. The Bertz CT molecular complexity index is 514. The van der Waals surface area contributed by atoms with Gasteiger partial charge in [-0.25, -0.2) is 0 Å². The summed E-state index contributed by atoms with van der Waals surface area (Å²) in [6, 6.07) is 3.60. The average Bonchev–Trinajstić information content (AvgIpc) is 2.48. The van der Waals surface area contributed by atoms with Gasteiger partial charge in [-0.15, -0.1) is 0 Å². The maximum Gasteiger partial charge on any atom is 0.227 e. The zero-order valence-corrected chi connectivity index (χ0v) is 11.8. The monoisotopic (exact) mass is 297 g/mol. The van der Waals surface area contributed by atoms with Crippen LogP contribution in [-0.2, 0) is 16.0 Å². The van der Waals surface area contributed by atoms with Crippen molar-refractivity contribution in [1.29, 1.82) is 0 Å². The highest BCUT2D eigenvalue weighted by Crippen LogP contribution is 2.38. The van der Waals surface area contributed by atoms with E-state index in [4.69, 9.17) is 25.8 Å². The number of hydrogen-bond acceptors (Lipinski definition) is 4. The highest BCUT2D eigenvalue weighted by atomic mass is 35.5. The molecular formula is C14H16ClNO4. The van der Waals surface area contributed by atoms with Gasteiger partial charge < -0.3 is 19.1 Å². The summed E-state index contributed by atoms with van der Waals surface area (Å²) in [5, 5.41) is 0.493. The number of carbonyl (C=O) groups is 1. The van der Waals surface area contributed by atoms with Crippen molar-refractivity contribution in [3.63, 3.8) is 0 Å². The number of amides is 1. The van der Waals surface area contributed by atoms with Crippen LogP contribution in [0, 0.1) is 0 Å². The molecule has 1 saturated heterocycles. The van der Waals surface area contributed by atoms with Gasteiger partial charge in [0.15, 0.2) is 11.5 Å². The quantitative estimate of drug-likeness (QED) is 0.830. The number of fused-ring (bicyclic) bond motifs is 1. The first-order valence-corrected chi connectivity index (χ1v) is 7.05. The van der Waals surface area contributed by atoms with Crippen molar-refractivity contribution in [2.75, 3.05) is 39.5 Å². The summed E-state index contributed by atoms with van der Waals surface area (Å²) >= 11 is 6.17. The first-order valence-electron chi connectivity index (χ1n) is 6.67. The number of rotatable bonds is 2. The van der Waals surface area contributed by atoms with Crippen LogP contribution in [0.5, 0.6) is 11.5 Å². The van der Waals surface area contributed by atoms with E-state index in [1.165, 1.54) is 0 Å². The summed E-state index contributed by atoms with van der Waals surface area (Å²) in [5.74, 6) is 1.27. The molecule has 0 aromatic heterocycles. The topological polar surface area (TPSA) is 48.0 Å². The van der Waals surface area contributed by atoms with E-state index in [2.05, 4.69) is 0 Å². The number of carbonyl (C=O) groups excluding carboxylic acids is 1. The van der Waals surface area contributed by atoms with E-state index in [0.717, 1.165) is 5.56 Å². The molecule has 1 aromatic carbocycles. The molecule has 2 aliphatic rings. The summed E-state index contributed by atoms with van der Waals surface area (Å²) in [5.41, 5.74) is 0.843. The van der Waals surface area contributed by atoms with Crippen LogP contribution in [0.4, 0.5) is 0 Å². The van der Waals surface area contributed by atoms with Gasteiger partial charge in [0.2, 0.25) is 5.91 Å². The van der Waals surface area contributed by atoms with Crippen LogP contribution in [0.15, 0.2) is 12.1 Å². The Morgan fingerprint density at radius 3 is 2.70 bits per heavy atom. The minimum Gasteiger partial charge on any atom is -0.486 e. The lowest BCUT2D eigenvalue weighted by Gasteiger charge is -2.27. The third-order valence-corrected chi connectivity index (χ3v) is 3.66. The van der Waals surface area contributed by atoms with Gasteiger partial charge in [-0.2, -0.15) is 0 Å². The lowest BCUT2D eigenvalue weighted by atomic mass is 10.1. The molecule has 0 saturated carbocycles. The Morgan fingerprint density at radius 2 is 1.90 bits per heavy atom. The molecule has 0 bridgehead atoms. The van der Waals surface area contributed by atoms with Gasteiger partial charge in [0.25, 0.3) is 0 Å². The van der Waals surface area contributed by atoms with E-state index in [1.54, 1.807) is 6.07 Å². The van der Waals surface area contributed by atoms with E-state index < -0.39 is 0 Å². The van der Waals surface area contributed by atoms with Gasteiger partial charge in [0.05, 0.1) is 24.7 Å². The predicted molar refractivity (Wildman–Crippen MR) is 73.5 cm³/mol. The van der Waals surface area contributed by atoms with Crippen molar-refractivity contribution in [2.24, 2.45) is 0 Å². The third-order valence-electron chi connectivity index (χ3n) is 3.38. The summed E-state index contributed by atoms with van der Waals surface area (Å²) in [7, 11) is 0. The number of morpholine rings is 1. The van der Waals surface area contributed by atoms with Crippen molar-refractivity contribution in [1.82, 2.24) is 4.90 Å². The van der Waals surface area contributed by atoms with Gasteiger partial charge in [0, 0.05) is 13.1 Å². The molecule has 1 fully saturated rings. The van der Waals surface area contributed by atoms with E-state index in [1.807, 2.05) is 11.0 Å². The van der Waals surface area contributed by atoms with E-state index in [0.29, 0.717) is 62.5 Å². The van der Waals surface area contributed by atoms with Crippen LogP contribution in [0.1, 0.15) is 5.56 Å². The molecule has 0 aliphatic carbocycles. The summed E-state index contributed by atoms with van der Waals surface area (Å²) in [6.45, 7) is 3.51. The Hall–Kier alpha value is -1.46. The van der Waals surface area contributed by atoms with Crippen molar-refractivity contribution < 1.29 is 19.0 Å². The van der Waals surface area contributed by atoms with Crippen LogP contribution < -0.4 is 9.47 Å². The molecule has 0 spiro atoms. The average molecular weight is 298 g/mol.